The number of H-pyrrole nitrogens is 1. The zero-order valence-electron chi connectivity index (χ0n) is 9.27. The van der Waals surface area contributed by atoms with Gasteiger partial charge in [-0.1, -0.05) is 0 Å². The van der Waals surface area contributed by atoms with Gasteiger partial charge in [0.05, 0.1) is 12.5 Å². The molecule has 0 unspecified atom stereocenters. The fourth-order valence-corrected chi connectivity index (χ4v) is 1.79. The second kappa shape index (κ2) is 5.13. The van der Waals surface area contributed by atoms with Gasteiger partial charge in [-0.15, -0.1) is 0 Å². The van der Waals surface area contributed by atoms with Crippen LogP contribution >= 0.6 is 15.9 Å². The standard InChI is InChI=1S/C10H12BrN5O/c1-16-5-7(4-15-16)2-3-12-9-8(11)10(17)14-6-13-9/h4-6H,2-3H2,1H3,(H2,12,13,14,17). The van der Waals surface area contributed by atoms with Crippen molar-refractivity contribution < 1.29 is 0 Å². The Labute approximate surface area is 106 Å². The summed E-state index contributed by atoms with van der Waals surface area (Å²) in [4.78, 5) is 17.8. The number of anilines is 1. The van der Waals surface area contributed by atoms with Crippen LogP contribution in [0.25, 0.3) is 0 Å². The number of nitrogens with one attached hydrogen (secondary N) is 2. The molecule has 7 heteroatoms. The number of halogens is 1. The molecule has 0 bridgehead atoms. The van der Waals surface area contributed by atoms with Crippen molar-refractivity contribution in [3.8, 4) is 0 Å². The molecule has 2 heterocycles. The first-order valence-corrected chi connectivity index (χ1v) is 5.90. The predicted octanol–water partition coefficient (Wildman–Crippen LogP) is 0.920. The lowest BCUT2D eigenvalue weighted by Gasteiger charge is -2.05. The summed E-state index contributed by atoms with van der Waals surface area (Å²) < 4.78 is 2.18. The fraction of sp³-hybridized carbons (Fsp3) is 0.300. The number of aryl methyl sites for hydroxylation is 1. The highest BCUT2D eigenvalue weighted by molar-refractivity contribution is 9.10. The maximum Gasteiger partial charge on any atom is 0.267 e. The van der Waals surface area contributed by atoms with Gasteiger partial charge in [0.25, 0.3) is 5.56 Å². The summed E-state index contributed by atoms with van der Waals surface area (Å²) in [6.45, 7) is 0.695. The van der Waals surface area contributed by atoms with Crippen LogP contribution in [0, 0.1) is 0 Å². The molecule has 0 spiro atoms. The fourth-order valence-electron chi connectivity index (χ4n) is 1.43. The largest absolute Gasteiger partial charge is 0.369 e. The maximum absolute atomic E-state index is 11.3. The van der Waals surface area contributed by atoms with Crippen LogP contribution in [-0.2, 0) is 13.5 Å². The summed E-state index contributed by atoms with van der Waals surface area (Å²) in [7, 11) is 1.88. The van der Waals surface area contributed by atoms with Crippen molar-refractivity contribution in [3.63, 3.8) is 0 Å². The van der Waals surface area contributed by atoms with Crippen LogP contribution in [-0.4, -0.2) is 26.3 Å². The highest BCUT2D eigenvalue weighted by atomic mass is 79.9. The van der Waals surface area contributed by atoms with Crippen LogP contribution in [0.15, 0.2) is 28.0 Å². The Morgan fingerprint density at radius 2 is 2.41 bits per heavy atom. The highest BCUT2D eigenvalue weighted by Crippen LogP contribution is 2.12. The summed E-state index contributed by atoms with van der Waals surface area (Å²) in [6, 6.07) is 0. The molecular formula is C10H12BrN5O. The number of aromatic amines is 1. The molecule has 2 aromatic heterocycles. The van der Waals surface area contributed by atoms with Gasteiger partial charge in [0, 0.05) is 19.8 Å². The van der Waals surface area contributed by atoms with E-state index in [4.69, 9.17) is 0 Å². The lowest BCUT2D eigenvalue weighted by Crippen LogP contribution is -2.13. The minimum atomic E-state index is -0.191. The zero-order chi connectivity index (χ0) is 12.3. The lowest BCUT2D eigenvalue weighted by atomic mass is 10.2. The second-order valence-corrected chi connectivity index (χ2v) is 4.39. The Balaban J connectivity index is 1.94. The van der Waals surface area contributed by atoms with E-state index in [1.807, 2.05) is 19.4 Å². The summed E-state index contributed by atoms with van der Waals surface area (Å²) in [5.74, 6) is 0.553. The zero-order valence-corrected chi connectivity index (χ0v) is 10.9. The van der Waals surface area contributed by atoms with E-state index in [9.17, 15) is 4.79 Å². The molecule has 2 aromatic rings. The first-order chi connectivity index (χ1) is 8.16. The van der Waals surface area contributed by atoms with Crippen molar-refractivity contribution in [1.82, 2.24) is 19.7 Å². The summed E-state index contributed by atoms with van der Waals surface area (Å²) in [5, 5.41) is 7.18. The Hall–Kier alpha value is -1.63. The molecule has 0 saturated heterocycles. The van der Waals surface area contributed by atoms with Gasteiger partial charge in [-0.05, 0) is 27.9 Å². The molecule has 2 rings (SSSR count). The van der Waals surface area contributed by atoms with Crippen molar-refractivity contribution >= 4 is 21.7 Å². The summed E-state index contributed by atoms with van der Waals surface area (Å²) in [5.41, 5.74) is 0.949. The van der Waals surface area contributed by atoms with Gasteiger partial charge in [-0.3, -0.25) is 9.48 Å². The molecule has 0 saturated carbocycles. The van der Waals surface area contributed by atoms with E-state index in [-0.39, 0.29) is 5.56 Å². The van der Waals surface area contributed by atoms with Gasteiger partial charge in [-0.25, -0.2) is 4.98 Å². The molecule has 0 aliphatic heterocycles. The Morgan fingerprint density at radius 1 is 1.59 bits per heavy atom. The monoisotopic (exact) mass is 297 g/mol. The van der Waals surface area contributed by atoms with Crippen LogP contribution in [0.4, 0.5) is 5.82 Å². The van der Waals surface area contributed by atoms with Crippen molar-refractivity contribution in [2.45, 2.75) is 6.42 Å². The van der Waals surface area contributed by atoms with Gasteiger partial charge in [-0.2, -0.15) is 5.10 Å². The van der Waals surface area contributed by atoms with E-state index in [2.05, 4.69) is 36.3 Å². The van der Waals surface area contributed by atoms with Crippen LogP contribution in [0.3, 0.4) is 0 Å². The van der Waals surface area contributed by atoms with Crippen molar-refractivity contribution in [2.75, 3.05) is 11.9 Å². The van der Waals surface area contributed by atoms with Crippen molar-refractivity contribution in [3.05, 3.63) is 39.1 Å². The molecular weight excluding hydrogens is 286 g/mol. The average molecular weight is 298 g/mol. The van der Waals surface area contributed by atoms with E-state index in [0.29, 0.717) is 16.8 Å². The van der Waals surface area contributed by atoms with Crippen molar-refractivity contribution in [1.29, 1.82) is 0 Å². The Kier molecular flexibility index (Phi) is 3.58. The van der Waals surface area contributed by atoms with E-state index < -0.39 is 0 Å². The van der Waals surface area contributed by atoms with E-state index >= 15 is 0 Å². The number of nitrogens with zero attached hydrogens (tertiary/aromatic N) is 3. The number of hydrogen-bond donors (Lipinski definition) is 2. The molecule has 0 fully saturated rings. The van der Waals surface area contributed by atoms with Gasteiger partial charge < -0.3 is 10.3 Å². The molecule has 0 radical (unpaired) electrons. The van der Waals surface area contributed by atoms with E-state index in [1.165, 1.54) is 6.33 Å². The van der Waals surface area contributed by atoms with Crippen LogP contribution in [0.5, 0.6) is 0 Å². The third-order valence-corrected chi connectivity index (χ3v) is 3.00. The third kappa shape index (κ3) is 2.94. The van der Waals surface area contributed by atoms with Crippen LogP contribution in [0.1, 0.15) is 5.56 Å². The number of aromatic nitrogens is 4. The molecule has 0 aliphatic rings. The third-order valence-electron chi connectivity index (χ3n) is 2.26. The van der Waals surface area contributed by atoms with Gasteiger partial charge in [0.2, 0.25) is 0 Å². The molecule has 0 aliphatic carbocycles. The minimum Gasteiger partial charge on any atom is -0.369 e. The van der Waals surface area contributed by atoms with Crippen LogP contribution in [0.2, 0.25) is 0 Å². The SMILES string of the molecule is Cn1cc(CCNc2nc[nH]c(=O)c2Br)cn1. The number of rotatable bonds is 4. The quantitative estimate of drug-likeness (QED) is 0.880. The van der Waals surface area contributed by atoms with Crippen molar-refractivity contribution in [2.24, 2.45) is 7.05 Å². The highest BCUT2D eigenvalue weighted by Gasteiger charge is 2.04. The predicted molar refractivity (Wildman–Crippen MR) is 68.0 cm³/mol. The topological polar surface area (TPSA) is 75.6 Å². The minimum absolute atomic E-state index is 0.191. The lowest BCUT2D eigenvalue weighted by molar-refractivity contribution is 0.767. The summed E-state index contributed by atoms with van der Waals surface area (Å²) >= 11 is 3.19. The molecule has 0 amide bonds. The second-order valence-electron chi connectivity index (χ2n) is 3.59. The number of hydrogen-bond acceptors (Lipinski definition) is 4. The first-order valence-electron chi connectivity index (χ1n) is 5.11. The molecule has 0 aromatic carbocycles. The summed E-state index contributed by atoms with van der Waals surface area (Å²) in [6.07, 6.45) is 5.98. The molecule has 90 valence electrons. The Bertz CT molecular complexity index is 562. The molecule has 6 nitrogen and oxygen atoms in total. The van der Waals surface area contributed by atoms with E-state index in [1.54, 1.807) is 4.68 Å². The maximum atomic E-state index is 11.3. The smallest absolute Gasteiger partial charge is 0.267 e. The van der Waals surface area contributed by atoms with E-state index in [0.717, 1.165) is 12.0 Å². The first kappa shape index (κ1) is 11.8. The van der Waals surface area contributed by atoms with Crippen LogP contribution < -0.4 is 10.9 Å². The Morgan fingerprint density at radius 3 is 3.12 bits per heavy atom. The normalized spacial score (nSPS) is 10.5. The van der Waals surface area contributed by atoms with Gasteiger partial charge >= 0.3 is 0 Å². The molecule has 17 heavy (non-hydrogen) atoms. The average Bonchev–Trinajstić information content (AvgIpc) is 2.70. The van der Waals surface area contributed by atoms with Gasteiger partial charge in [0.15, 0.2) is 0 Å². The van der Waals surface area contributed by atoms with Gasteiger partial charge in [0.1, 0.15) is 10.3 Å². The molecule has 2 N–H and O–H groups in total. The molecule has 0 atom stereocenters.